The Morgan fingerprint density at radius 3 is 2.60 bits per heavy atom. The van der Waals surface area contributed by atoms with Gasteiger partial charge < -0.3 is 0 Å². The first kappa shape index (κ1) is 12.4. The maximum Gasteiger partial charge on any atom is 0.0658 e. The number of aliphatic imine (C=N–C) groups is 1. The maximum atomic E-state index is 4.70. The van der Waals surface area contributed by atoms with Crippen molar-refractivity contribution in [3.63, 3.8) is 0 Å². The van der Waals surface area contributed by atoms with Gasteiger partial charge in [-0.25, -0.2) is 0 Å². The molecule has 2 heteroatoms. The van der Waals surface area contributed by atoms with E-state index in [0.29, 0.717) is 0 Å². The van der Waals surface area contributed by atoms with Crippen molar-refractivity contribution in [2.24, 2.45) is 4.99 Å². The Labute approximate surface area is 101 Å². The SMILES string of the molecule is CCC/C(CC)=N\c1ccc(Br)cc1C. The highest BCUT2D eigenvalue weighted by atomic mass is 79.9. The van der Waals surface area contributed by atoms with Gasteiger partial charge in [0, 0.05) is 10.2 Å². The Morgan fingerprint density at radius 1 is 1.33 bits per heavy atom. The quantitative estimate of drug-likeness (QED) is 0.678. The summed E-state index contributed by atoms with van der Waals surface area (Å²) in [5.74, 6) is 0. The molecule has 0 spiro atoms. The van der Waals surface area contributed by atoms with Gasteiger partial charge in [0.05, 0.1) is 5.69 Å². The average molecular weight is 268 g/mol. The van der Waals surface area contributed by atoms with Gasteiger partial charge in [-0.1, -0.05) is 36.2 Å². The van der Waals surface area contributed by atoms with Crippen LogP contribution in [0.5, 0.6) is 0 Å². The summed E-state index contributed by atoms with van der Waals surface area (Å²) in [5, 5.41) is 0. The van der Waals surface area contributed by atoms with Crippen LogP contribution in [0.2, 0.25) is 0 Å². The van der Waals surface area contributed by atoms with Crippen molar-refractivity contribution in [1.29, 1.82) is 0 Å². The molecule has 1 aromatic carbocycles. The van der Waals surface area contributed by atoms with E-state index in [4.69, 9.17) is 4.99 Å². The number of hydrogen-bond donors (Lipinski definition) is 0. The van der Waals surface area contributed by atoms with Gasteiger partial charge in [0.15, 0.2) is 0 Å². The van der Waals surface area contributed by atoms with Crippen LogP contribution >= 0.6 is 15.9 Å². The summed E-state index contributed by atoms with van der Waals surface area (Å²) in [6.45, 7) is 6.46. The highest BCUT2D eigenvalue weighted by Gasteiger charge is 1.99. The van der Waals surface area contributed by atoms with E-state index in [1.807, 2.05) is 6.07 Å². The van der Waals surface area contributed by atoms with Crippen LogP contribution in [0, 0.1) is 6.92 Å². The summed E-state index contributed by atoms with van der Waals surface area (Å²) >= 11 is 3.46. The lowest BCUT2D eigenvalue weighted by atomic mass is 10.1. The predicted molar refractivity (Wildman–Crippen MR) is 71.2 cm³/mol. The number of rotatable bonds is 4. The molecule has 0 atom stereocenters. The van der Waals surface area contributed by atoms with Crippen LogP contribution in [0.3, 0.4) is 0 Å². The molecule has 1 aromatic rings. The lowest BCUT2D eigenvalue weighted by Crippen LogP contribution is -1.94. The van der Waals surface area contributed by atoms with Gasteiger partial charge in [0.1, 0.15) is 0 Å². The van der Waals surface area contributed by atoms with Crippen molar-refractivity contribution < 1.29 is 0 Å². The minimum Gasteiger partial charge on any atom is -0.258 e. The van der Waals surface area contributed by atoms with E-state index >= 15 is 0 Å². The third kappa shape index (κ3) is 3.78. The molecule has 0 saturated carbocycles. The zero-order valence-corrected chi connectivity index (χ0v) is 11.3. The van der Waals surface area contributed by atoms with Crippen molar-refractivity contribution in [2.45, 2.75) is 40.0 Å². The zero-order chi connectivity index (χ0) is 11.3. The molecule has 0 aliphatic rings. The lowest BCUT2D eigenvalue weighted by molar-refractivity contribution is 0.966. The Morgan fingerprint density at radius 2 is 2.07 bits per heavy atom. The van der Waals surface area contributed by atoms with Gasteiger partial charge in [-0.2, -0.15) is 0 Å². The predicted octanol–water partition coefficient (Wildman–Crippen LogP) is 5.04. The molecule has 15 heavy (non-hydrogen) atoms. The topological polar surface area (TPSA) is 12.4 Å². The molecule has 0 saturated heterocycles. The Hall–Kier alpha value is -0.630. The first-order valence-corrected chi connectivity index (χ1v) is 6.29. The van der Waals surface area contributed by atoms with Crippen LogP contribution in [0.4, 0.5) is 5.69 Å². The molecule has 0 N–H and O–H groups in total. The minimum atomic E-state index is 1.04. The van der Waals surface area contributed by atoms with E-state index in [1.54, 1.807) is 0 Å². The van der Waals surface area contributed by atoms with Gasteiger partial charge in [-0.15, -0.1) is 0 Å². The molecule has 1 nitrogen and oxygen atoms in total. The van der Waals surface area contributed by atoms with Crippen LogP contribution in [0.1, 0.15) is 38.7 Å². The third-order valence-corrected chi connectivity index (χ3v) is 2.88. The van der Waals surface area contributed by atoms with E-state index in [0.717, 1.165) is 23.0 Å². The highest BCUT2D eigenvalue weighted by Crippen LogP contribution is 2.23. The minimum absolute atomic E-state index is 1.04. The highest BCUT2D eigenvalue weighted by molar-refractivity contribution is 9.10. The summed E-state index contributed by atoms with van der Waals surface area (Å²) in [4.78, 5) is 4.70. The normalized spacial score (nSPS) is 11.9. The fourth-order valence-electron chi connectivity index (χ4n) is 1.51. The molecule has 0 aromatic heterocycles. The van der Waals surface area contributed by atoms with Gasteiger partial charge in [0.25, 0.3) is 0 Å². The Kier molecular flexibility index (Phi) is 5.03. The summed E-state index contributed by atoms with van der Waals surface area (Å²) in [7, 11) is 0. The van der Waals surface area contributed by atoms with Crippen molar-refractivity contribution in [1.82, 2.24) is 0 Å². The maximum absolute atomic E-state index is 4.70. The molecule has 0 aliphatic heterocycles. The molecule has 0 bridgehead atoms. The third-order valence-electron chi connectivity index (χ3n) is 2.38. The smallest absolute Gasteiger partial charge is 0.0658 e. The van der Waals surface area contributed by atoms with E-state index in [2.05, 4.69) is 48.8 Å². The Bertz CT molecular complexity index is 356. The number of halogens is 1. The van der Waals surface area contributed by atoms with Crippen LogP contribution in [-0.2, 0) is 0 Å². The van der Waals surface area contributed by atoms with Crippen LogP contribution in [0.15, 0.2) is 27.7 Å². The molecule has 0 aliphatic carbocycles. The zero-order valence-electron chi connectivity index (χ0n) is 9.68. The standard InChI is InChI=1S/C13H18BrN/c1-4-6-12(5-2)15-13-8-7-11(14)9-10(13)3/h7-9H,4-6H2,1-3H3/b15-12-. The molecule has 0 radical (unpaired) electrons. The summed E-state index contributed by atoms with van der Waals surface area (Å²) in [5.41, 5.74) is 3.62. The fraction of sp³-hybridized carbons (Fsp3) is 0.462. The second-order valence-corrected chi connectivity index (χ2v) is 4.63. The molecule has 0 amide bonds. The monoisotopic (exact) mass is 267 g/mol. The molecular formula is C13H18BrN. The summed E-state index contributed by atoms with van der Waals surface area (Å²) in [6.07, 6.45) is 3.32. The van der Waals surface area contributed by atoms with Gasteiger partial charge in [0.2, 0.25) is 0 Å². The van der Waals surface area contributed by atoms with Crippen molar-refractivity contribution in [3.8, 4) is 0 Å². The van der Waals surface area contributed by atoms with E-state index < -0.39 is 0 Å². The van der Waals surface area contributed by atoms with Crippen molar-refractivity contribution in [3.05, 3.63) is 28.2 Å². The van der Waals surface area contributed by atoms with Gasteiger partial charge in [-0.3, -0.25) is 4.99 Å². The van der Waals surface area contributed by atoms with E-state index in [9.17, 15) is 0 Å². The molecular weight excluding hydrogens is 250 g/mol. The van der Waals surface area contributed by atoms with Crippen LogP contribution in [-0.4, -0.2) is 5.71 Å². The average Bonchev–Trinajstić information content (AvgIpc) is 2.21. The van der Waals surface area contributed by atoms with E-state index in [1.165, 1.54) is 17.7 Å². The van der Waals surface area contributed by atoms with E-state index in [-0.39, 0.29) is 0 Å². The first-order chi connectivity index (χ1) is 7.17. The van der Waals surface area contributed by atoms with Crippen LogP contribution in [0.25, 0.3) is 0 Å². The summed E-state index contributed by atoms with van der Waals surface area (Å²) < 4.78 is 1.12. The second kappa shape index (κ2) is 6.06. The molecule has 1 rings (SSSR count). The van der Waals surface area contributed by atoms with Crippen molar-refractivity contribution in [2.75, 3.05) is 0 Å². The molecule has 82 valence electrons. The summed E-state index contributed by atoms with van der Waals surface area (Å²) in [6, 6.07) is 6.23. The molecule has 0 unspecified atom stereocenters. The fourth-order valence-corrected chi connectivity index (χ4v) is 1.99. The number of hydrogen-bond acceptors (Lipinski definition) is 1. The number of benzene rings is 1. The largest absolute Gasteiger partial charge is 0.258 e. The lowest BCUT2D eigenvalue weighted by Gasteiger charge is -2.05. The van der Waals surface area contributed by atoms with Gasteiger partial charge in [-0.05, 0) is 43.5 Å². The number of aryl methyl sites for hydroxylation is 1. The van der Waals surface area contributed by atoms with Gasteiger partial charge >= 0.3 is 0 Å². The van der Waals surface area contributed by atoms with Crippen LogP contribution < -0.4 is 0 Å². The van der Waals surface area contributed by atoms with Crippen molar-refractivity contribution >= 4 is 27.3 Å². The Balaban J connectivity index is 2.95. The first-order valence-electron chi connectivity index (χ1n) is 5.50. The number of nitrogens with zero attached hydrogens (tertiary/aromatic N) is 1. The molecule has 0 heterocycles. The second-order valence-electron chi connectivity index (χ2n) is 3.71. The molecule has 0 fully saturated rings.